The summed E-state index contributed by atoms with van der Waals surface area (Å²) in [5.41, 5.74) is 6.73. The highest BCUT2D eigenvalue weighted by Gasteiger charge is 2.14. The molecule has 0 spiro atoms. The Morgan fingerprint density at radius 3 is 2.19 bits per heavy atom. The monoisotopic (exact) mass is 380 g/mol. The van der Waals surface area contributed by atoms with Crippen molar-refractivity contribution in [2.75, 3.05) is 27.4 Å². The van der Waals surface area contributed by atoms with Gasteiger partial charge in [0.2, 0.25) is 5.91 Å². The van der Waals surface area contributed by atoms with E-state index in [0.29, 0.717) is 36.8 Å². The minimum Gasteiger partial charge on any atom is -0.496 e. The molecular formula is C19H25ClN2O4. The molecule has 0 aromatic heterocycles. The Hall–Kier alpha value is -2.44. The third-order valence-corrected chi connectivity index (χ3v) is 3.66. The molecule has 2 aromatic carbocycles. The molecule has 0 bridgehead atoms. The molecular weight excluding hydrogens is 356 g/mol. The Balaban J connectivity index is 0.00000338. The molecule has 0 saturated carbocycles. The molecule has 0 aliphatic heterocycles. The van der Waals surface area contributed by atoms with Crippen molar-refractivity contribution >= 4 is 18.3 Å². The van der Waals surface area contributed by atoms with Gasteiger partial charge in [0.25, 0.3) is 0 Å². The summed E-state index contributed by atoms with van der Waals surface area (Å²) in [4.78, 5) is 12.0. The Bertz CT molecular complexity index is 660. The van der Waals surface area contributed by atoms with E-state index in [2.05, 4.69) is 5.32 Å². The quantitative estimate of drug-likeness (QED) is 0.653. The number of rotatable bonds is 9. The first-order valence-electron chi connectivity index (χ1n) is 8.08. The number of nitrogens with one attached hydrogen (secondary N) is 1. The number of benzene rings is 2. The van der Waals surface area contributed by atoms with Crippen LogP contribution in [0.2, 0.25) is 0 Å². The fourth-order valence-electron chi connectivity index (χ4n) is 2.26. The zero-order chi connectivity index (χ0) is 18.1. The number of hydrogen-bond acceptors (Lipinski definition) is 5. The minimum absolute atomic E-state index is 0. The number of carbonyl (C=O) groups excluding carboxylic acids is 1. The van der Waals surface area contributed by atoms with Gasteiger partial charge < -0.3 is 25.3 Å². The Morgan fingerprint density at radius 1 is 1.04 bits per heavy atom. The maximum absolute atomic E-state index is 12.0. The van der Waals surface area contributed by atoms with Crippen molar-refractivity contribution in [3.63, 3.8) is 0 Å². The van der Waals surface area contributed by atoms with Crippen molar-refractivity contribution in [1.29, 1.82) is 0 Å². The van der Waals surface area contributed by atoms with E-state index in [0.717, 1.165) is 5.56 Å². The van der Waals surface area contributed by atoms with Gasteiger partial charge in [0.1, 0.15) is 23.3 Å². The average Bonchev–Trinajstić information content (AvgIpc) is 2.67. The highest BCUT2D eigenvalue weighted by atomic mass is 35.5. The molecule has 0 saturated heterocycles. The van der Waals surface area contributed by atoms with Crippen LogP contribution in [0.5, 0.6) is 17.2 Å². The highest BCUT2D eigenvalue weighted by Crippen LogP contribution is 2.27. The van der Waals surface area contributed by atoms with E-state index in [1.807, 2.05) is 30.3 Å². The summed E-state index contributed by atoms with van der Waals surface area (Å²) in [6.07, 6.45) is 0.659. The molecule has 0 fully saturated rings. The maximum Gasteiger partial charge on any atom is 0.241 e. The predicted octanol–water partition coefficient (Wildman–Crippen LogP) is 2.71. The van der Waals surface area contributed by atoms with Gasteiger partial charge >= 0.3 is 0 Å². The Morgan fingerprint density at radius 2 is 1.62 bits per heavy atom. The standard InChI is InChI=1S/C19H24N2O4.ClH/c1-23-15-11-16(24-2)13-17(12-15)25-10-6-9-21-19(22)18(20)14-7-4-3-5-8-14;/h3-5,7-8,11-13,18H,6,9-10,20H2,1-2H3,(H,21,22);1H. The van der Waals surface area contributed by atoms with Gasteiger partial charge in [-0.1, -0.05) is 30.3 Å². The fourth-order valence-corrected chi connectivity index (χ4v) is 2.26. The van der Waals surface area contributed by atoms with Gasteiger partial charge in [-0.2, -0.15) is 0 Å². The van der Waals surface area contributed by atoms with Gasteiger partial charge in [-0.25, -0.2) is 0 Å². The van der Waals surface area contributed by atoms with Gasteiger partial charge in [-0.05, 0) is 12.0 Å². The molecule has 0 aliphatic carbocycles. The zero-order valence-electron chi connectivity index (χ0n) is 14.9. The smallest absolute Gasteiger partial charge is 0.241 e. The van der Waals surface area contributed by atoms with Crippen molar-refractivity contribution in [1.82, 2.24) is 5.32 Å². The maximum atomic E-state index is 12.0. The highest BCUT2D eigenvalue weighted by molar-refractivity contribution is 5.85. The second-order valence-corrected chi connectivity index (χ2v) is 5.43. The molecule has 2 aromatic rings. The van der Waals surface area contributed by atoms with E-state index in [9.17, 15) is 4.79 Å². The molecule has 3 N–H and O–H groups in total. The van der Waals surface area contributed by atoms with Crippen molar-refractivity contribution in [2.24, 2.45) is 5.73 Å². The molecule has 1 unspecified atom stereocenters. The molecule has 6 nitrogen and oxygen atoms in total. The molecule has 0 aliphatic rings. The third-order valence-electron chi connectivity index (χ3n) is 3.66. The normalized spacial score (nSPS) is 11.0. The molecule has 142 valence electrons. The number of amides is 1. The van der Waals surface area contributed by atoms with E-state index < -0.39 is 6.04 Å². The third kappa shape index (κ3) is 6.46. The van der Waals surface area contributed by atoms with Crippen LogP contribution in [0.1, 0.15) is 18.0 Å². The van der Waals surface area contributed by atoms with Crippen LogP contribution in [0, 0.1) is 0 Å². The molecule has 1 atom stereocenters. The van der Waals surface area contributed by atoms with E-state index in [1.165, 1.54) is 0 Å². The lowest BCUT2D eigenvalue weighted by Gasteiger charge is -2.13. The lowest BCUT2D eigenvalue weighted by molar-refractivity contribution is -0.122. The number of nitrogens with two attached hydrogens (primary N) is 1. The summed E-state index contributed by atoms with van der Waals surface area (Å²) in [7, 11) is 3.17. The van der Waals surface area contributed by atoms with Crippen molar-refractivity contribution < 1.29 is 19.0 Å². The molecule has 0 heterocycles. The second kappa shape index (κ2) is 11.2. The van der Waals surface area contributed by atoms with Crippen LogP contribution in [0.15, 0.2) is 48.5 Å². The molecule has 0 radical (unpaired) electrons. The summed E-state index contributed by atoms with van der Waals surface area (Å²) >= 11 is 0. The van der Waals surface area contributed by atoms with E-state index in [4.69, 9.17) is 19.9 Å². The Kier molecular flexibility index (Phi) is 9.33. The van der Waals surface area contributed by atoms with E-state index in [1.54, 1.807) is 32.4 Å². The number of halogens is 1. The number of hydrogen-bond donors (Lipinski definition) is 2. The predicted molar refractivity (Wildman–Crippen MR) is 103 cm³/mol. The number of ether oxygens (including phenoxy) is 3. The van der Waals surface area contributed by atoms with Gasteiger partial charge in [-0.3, -0.25) is 4.79 Å². The molecule has 26 heavy (non-hydrogen) atoms. The van der Waals surface area contributed by atoms with Gasteiger partial charge in [-0.15, -0.1) is 12.4 Å². The summed E-state index contributed by atoms with van der Waals surface area (Å²) in [5, 5.41) is 2.82. The Labute approximate surface area is 160 Å². The number of carbonyl (C=O) groups is 1. The van der Waals surface area contributed by atoms with Crippen LogP contribution >= 0.6 is 12.4 Å². The van der Waals surface area contributed by atoms with Crippen LogP contribution in [-0.2, 0) is 4.79 Å². The van der Waals surface area contributed by atoms with Crippen LogP contribution in [0.25, 0.3) is 0 Å². The summed E-state index contributed by atoms with van der Waals surface area (Å²) in [6.45, 7) is 0.942. The fraction of sp³-hybridized carbons (Fsp3) is 0.316. The lowest BCUT2D eigenvalue weighted by Crippen LogP contribution is -2.35. The topological polar surface area (TPSA) is 82.8 Å². The van der Waals surface area contributed by atoms with Crippen LogP contribution in [0.3, 0.4) is 0 Å². The molecule has 1 amide bonds. The SMILES string of the molecule is COc1cc(OC)cc(OCCCNC(=O)C(N)c2ccccc2)c1.Cl. The largest absolute Gasteiger partial charge is 0.496 e. The second-order valence-electron chi connectivity index (χ2n) is 5.43. The first-order valence-corrected chi connectivity index (χ1v) is 8.08. The van der Waals surface area contributed by atoms with Crippen LogP contribution in [0.4, 0.5) is 0 Å². The first-order chi connectivity index (χ1) is 12.1. The molecule has 2 rings (SSSR count). The summed E-state index contributed by atoms with van der Waals surface area (Å²) < 4.78 is 16.1. The average molecular weight is 381 g/mol. The zero-order valence-corrected chi connectivity index (χ0v) is 15.8. The van der Waals surface area contributed by atoms with Crippen LogP contribution < -0.4 is 25.3 Å². The van der Waals surface area contributed by atoms with Gasteiger partial charge in [0.05, 0.1) is 20.8 Å². The van der Waals surface area contributed by atoms with Crippen molar-refractivity contribution in [3.8, 4) is 17.2 Å². The lowest BCUT2D eigenvalue weighted by atomic mass is 10.1. The summed E-state index contributed by atoms with van der Waals surface area (Å²) in [6, 6.07) is 14.0. The number of methoxy groups -OCH3 is 2. The minimum atomic E-state index is -0.662. The first kappa shape index (κ1) is 21.6. The van der Waals surface area contributed by atoms with Gasteiger partial charge in [0, 0.05) is 24.7 Å². The van der Waals surface area contributed by atoms with Gasteiger partial charge in [0.15, 0.2) is 0 Å². The summed E-state index contributed by atoms with van der Waals surface area (Å²) in [5.74, 6) is 1.78. The van der Waals surface area contributed by atoms with Crippen molar-refractivity contribution in [3.05, 3.63) is 54.1 Å². The van der Waals surface area contributed by atoms with Crippen LogP contribution in [-0.4, -0.2) is 33.3 Å². The molecule has 7 heteroatoms. The van der Waals surface area contributed by atoms with E-state index in [-0.39, 0.29) is 18.3 Å². The van der Waals surface area contributed by atoms with E-state index >= 15 is 0 Å². The van der Waals surface area contributed by atoms with Crippen molar-refractivity contribution in [2.45, 2.75) is 12.5 Å².